The van der Waals surface area contributed by atoms with Crippen molar-refractivity contribution in [3.8, 4) is 0 Å². The van der Waals surface area contributed by atoms with Gasteiger partial charge in [0, 0.05) is 6.54 Å². The Labute approximate surface area is 100 Å². The Morgan fingerprint density at radius 3 is 2.53 bits per heavy atom. The minimum absolute atomic E-state index is 0.218. The summed E-state index contributed by atoms with van der Waals surface area (Å²) >= 11 is 0. The molecule has 1 fully saturated rings. The van der Waals surface area contributed by atoms with Crippen LogP contribution in [0.15, 0.2) is 30.3 Å². The van der Waals surface area contributed by atoms with E-state index in [0.717, 1.165) is 6.42 Å². The van der Waals surface area contributed by atoms with Gasteiger partial charge in [0.2, 0.25) is 0 Å². The van der Waals surface area contributed by atoms with Crippen LogP contribution in [0.4, 0.5) is 0 Å². The van der Waals surface area contributed by atoms with Gasteiger partial charge in [0.25, 0.3) is 5.91 Å². The Morgan fingerprint density at radius 2 is 2.00 bits per heavy atom. The first kappa shape index (κ1) is 12.1. The number of benzene rings is 1. The van der Waals surface area contributed by atoms with Crippen molar-refractivity contribution >= 4 is 5.91 Å². The fraction of sp³-hybridized carbons (Fsp3) is 0.462. The number of rotatable bonds is 4. The summed E-state index contributed by atoms with van der Waals surface area (Å²) in [5.41, 5.74) is -0.197. The zero-order chi connectivity index (χ0) is 12.3. The average molecular weight is 235 g/mol. The van der Waals surface area contributed by atoms with Gasteiger partial charge in [-0.25, -0.2) is 0 Å². The van der Waals surface area contributed by atoms with Crippen molar-refractivity contribution in [3.63, 3.8) is 0 Å². The van der Waals surface area contributed by atoms with Gasteiger partial charge in [-0.1, -0.05) is 30.3 Å². The van der Waals surface area contributed by atoms with E-state index in [4.69, 9.17) is 0 Å². The van der Waals surface area contributed by atoms with Crippen LogP contribution in [-0.2, 0) is 4.79 Å². The lowest BCUT2D eigenvalue weighted by Gasteiger charge is -2.36. The first-order valence-corrected chi connectivity index (χ1v) is 5.84. The van der Waals surface area contributed by atoms with Crippen LogP contribution in [0.1, 0.15) is 30.9 Å². The lowest BCUT2D eigenvalue weighted by atomic mass is 9.80. The van der Waals surface area contributed by atoms with Gasteiger partial charge >= 0.3 is 0 Å². The molecule has 2 rings (SSSR count). The summed E-state index contributed by atoms with van der Waals surface area (Å²) in [5, 5.41) is 22.2. The zero-order valence-electron chi connectivity index (χ0n) is 9.60. The van der Waals surface area contributed by atoms with Gasteiger partial charge in [0.15, 0.2) is 6.10 Å². The molecule has 0 heterocycles. The quantitative estimate of drug-likeness (QED) is 0.721. The van der Waals surface area contributed by atoms with Crippen LogP contribution in [0.2, 0.25) is 0 Å². The summed E-state index contributed by atoms with van der Waals surface area (Å²) in [6.45, 7) is 0.218. The van der Waals surface area contributed by atoms with E-state index in [1.165, 1.54) is 0 Å². The Morgan fingerprint density at radius 1 is 1.35 bits per heavy atom. The molecule has 0 saturated heterocycles. The molecule has 0 spiro atoms. The standard InChI is InChI=1S/C13H17NO3/c15-11(10-5-2-1-3-6-10)12(16)14-9-13(17)7-4-8-13/h1-3,5-6,11,15,17H,4,7-9H2,(H,14,16). The van der Waals surface area contributed by atoms with Crippen molar-refractivity contribution in [1.29, 1.82) is 0 Å². The lowest BCUT2D eigenvalue weighted by molar-refractivity contribution is -0.132. The minimum Gasteiger partial charge on any atom is -0.388 e. The van der Waals surface area contributed by atoms with Gasteiger partial charge in [-0.05, 0) is 24.8 Å². The molecule has 4 heteroatoms. The summed E-state index contributed by atoms with van der Waals surface area (Å²) in [5.74, 6) is -0.462. The predicted molar refractivity (Wildman–Crippen MR) is 63.2 cm³/mol. The van der Waals surface area contributed by atoms with E-state index >= 15 is 0 Å². The number of carbonyl (C=O) groups excluding carboxylic acids is 1. The summed E-state index contributed by atoms with van der Waals surface area (Å²) < 4.78 is 0. The summed E-state index contributed by atoms with van der Waals surface area (Å²) in [6.07, 6.45) is 1.26. The number of aliphatic hydroxyl groups is 2. The van der Waals surface area contributed by atoms with Crippen LogP contribution in [0, 0.1) is 0 Å². The molecule has 1 aliphatic carbocycles. The van der Waals surface area contributed by atoms with E-state index in [-0.39, 0.29) is 6.54 Å². The molecule has 17 heavy (non-hydrogen) atoms. The molecule has 3 N–H and O–H groups in total. The van der Waals surface area contributed by atoms with Crippen LogP contribution < -0.4 is 5.32 Å². The number of nitrogens with one attached hydrogen (secondary N) is 1. The number of amides is 1. The number of carbonyl (C=O) groups is 1. The molecule has 0 bridgehead atoms. The summed E-state index contributed by atoms with van der Waals surface area (Å²) in [6, 6.07) is 8.76. The molecule has 1 saturated carbocycles. The molecule has 1 atom stereocenters. The van der Waals surface area contributed by atoms with Crippen molar-refractivity contribution < 1.29 is 15.0 Å². The van der Waals surface area contributed by atoms with Gasteiger partial charge < -0.3 is 15.5 Å². The molecular weight excluding hydrogens is 218 g/mol. The van der Waals surface area contributed by atoms with Crippen molar-refractivity contribution in [2.24, 2.45) is 0 Å². The highest BCUT2D eigenvalue weighted by atomic mass is 16.3. The maximum atomic E-state index is 11.7. The van der Waals surface area contributed by atoms with Gasteiger partial charge in [-0.3, -0.25) is 4.79 Å². The van der Waals surface area contributed by atoms with E-state index in [9.17, 15) is 15.0 Å². The highest BCUT2D eigenvalue weighted by Crippen LogP contribution is 2.30. The van der Waals surface area contributed by atoms with Gasteiger partial charge in [-0.2, -0.15) is 0 Å². The monoisotopic (exact) mass is 235 g/mol. The second-order valence-electron chi connectivity index (χ2n) is 4.61. The second kappa shape index (κ2) is 4.85. The number of aliphatic hydroxyl groups excluding tert-OH is 1. The second-order valence-corrected chi connectivity index (χ2v) is 4.61. The van der Waals surface area contributed by atoms with Crippen molar-refractivity contribution in [2.75, 3.05) is 6.54 Å². The molecule has 4 nitrogen and oxygen atoms in total. The van der Waals surface area contributed by atoms with Crippen LogP contribution in [-0.4, -0.2) is 28.3 Å². The van der Waals surface area contributed by atoms with Gasteiger partial charge in [0.05, 0.1) is 5.60 Å². The van der Waals surface area contributed by atoms with Gasteiger partial charge in [-0.15, -0.1) is 0 Å². The third kappa shape index (κ3) is 2.84. The highest BCUT2D eigenvalue weighted by molar-refractivity contribution is 5.81. The average Bonchev–Trinajstić information content (AvgIpc) is 2.33. The topological polar surface area (TPSA) is 69.6 Å². The van der Waals surface area contributed by atoms with Crippen molar-refractivity contribution in [2.45, 2.75) is 31.0 Å². The Bertz CT molecular complexity index is 387. The first-order valence-electron chi connectivity index (χ1n) is 5.84. The molecule has 0 aliphatic heterocycles. The minimum atomic E-state index is -1.17. The van der Waals surface area contributed by atoms with Crippen LogP contribution in [0.3, 0.4) is 0 Å². The van der Waals surface area contributed by atoms with Crippen LogP contribution in [0.5, 0.6) is 0 Å². The third-order valence-electron chi connectivity index (χ3n) is 3.24. The van der Waals surface area contributed by atoms with E-state index in [0.29, 0.717) is 18.4 Å². The zero-order valence-corrected chi connectivity index (χ0v) is 9.60. The lowest BCUT2D eigenvalue weighted by Crippen LogP contribution is -2.48. The van der Waals surface area contributed by atoms with E-state index < -0.39 is 17.6 Å². The van der Waals surface area contributed by atoms with Gasteiger partial charge in [0.1, 0.15) is 0 Å². The Hall–Kier alpha value is -1.39. The maximum absolute atomic E-state index is 11.7. The molecule has 1 amide bonds. The first-order chi connectivity index (χ1) is 8.11. The molecule has 1 aliphatic rings. The van der Waals surface area contributed by atoms with Crippen molar-refractivity contribution in [3.05, 3.63) is 35.9 Å². The molecule has 1 unspecified atom stereocenters. The van der Waals surface area contributed by atoms with Crippen molar-refractivity contribution in [1.82, 2.24) is 5.32 Å². The highest BCUT2D eigenvalue weighted by Gasteiger charge is 2.35. The maximum Gasteiger partial charge on any atom is 0.253 e. The molecule has 1 aromatic carbocycles. The normalized spacial score (nSPS) is 19.2. The molecule has 92 valence electrons. The fourth-order valence-corrected chi connectivity index (χ4v) is 1.90. The molecular formula is C13H17NO3. The Kier molecular flexibility index (Phi) is 3.45. The number of hydrogen-bond acceptors (Lipinski definition) is 3. The smallest absolute Gasteiger partial charge is 0.253 e. The SMILES string of the molecule is O=C(NCC1(O)CCC1)C(O)c1ccccc1. The molecule has 0 radical (unpaired) electrons. The summed E-state index contributed by atoms with van der Waals surface area (Å²) in [4.78, 5) is 11.7. The van der Waals surface area contributed by atoms with Crippen LogP contribution >= 0.6 is 0 Å². The van der Waals surface area contributed by atoms with E-state index in [2.05, 4.69) is 5.32 Å². The third-order valence-corrected chi connectivity index (χ3v) is 3.24. The summed E-state index contributed by atoms with van der Waals surface area (Å²) in [7, 11) is 0. The fourth-order valence-electron chi connectivity index (χ4n) is 1.90. The molecule has 0 aromatic heterocycles. The predicted octanol–water partition coefficient (Wildman–Crippen LogP) is 0.751. The molecule has 1 aromatic rings. The van der Waals surface area contributed by atoms with E-state index in [1.54, 1.807) is 24.3 Å². The number of hydrogen-bond donors (Lipinski definition) is 3. The largest absolute Gasteiger partial charge is 0.388 e. The van der Waals surface area contributed by atoms with E-state index in [1.807, 2.05) is 6.07 Å². The Balaban J connectivity index is 1.87. The van der Waals surface area contributed by atoms with Crippen LogP contribution in [0.25, 0.3) is 0 Å².